The van der Waals surface area contributed by atoms with Crippen molar-refractivity contribution in [2.24, 2.45) is 11.8 Å². The third kappa shape index (κ3) is 4.67. The summed E-state index contributed by atoms with van der Waals surface area (Å²) in [4.78, 5) is 17.9. The van der Waals surface area contributed by atoms with Gasteiger partial charge in [0, 0.05) is 38.1 Å². The summed E-state index contributed by atoms with van der Waals surface area (Å²) < 4.78 is 5.54. The van der Waals surface area contributed by atoms with Gasteiger partial charge in [-0.2, -0.15) is 0 Å². The summed E-state index contributed by atoms with van der Waals surface area (Å²) in [5.41, 5.74) is 0.130. The fourth-order valence-electron chi connectivity index (χ4n) is 5.54. The van der Waals surface area contributed by atoms with Crippen LogP contribution in [0.1, 0.15) is 44.9 Å². The molecule has 152 valence electrons. The minimum atomic E-state index is 0. The van der Waals surface area contributed by atoms with E-state index in [0.29, 0.717) is 5.91 Å². The fourth-order valence-corrected chi connectivity index (χ4v) is 5.54. The number of rotatable bonds is 3. The molecule has 4 rings (SSSR count). The quantitative estimate of drug-likeness (QED) is 0.779. The van der Waals surface area contributed by atoms with Crippen molar-refractivity contribution in [1.82, 2.24) is 15.1 Å². The van der Waals surface area contributed by atoms with Crippen LogP contribution in [0.25, 0.3) is 0 Å². The fraction of sp³-hybridized carbons (Fsp3) is 0.947. The molecule has 0 aromatic rings. The van der Waals surface area contributed by atoms with E-state index in [1.54, 1.807) is 0 Å². The number of hydrogen-bond donors (Lipinski definition) is 1. The van der Waals surface area contributed by atoms with Crippen molar-refractivity contribution in [2.75, 3.05) is 52.5 Å². The molecule has 5 nitrogen and oxygen atoms in total. The van der Waals surface area contributed by atoms with Crippen LogP contribution in [-0.2, 0) is 9.53 Å². The van der Waals surface area contributed by atoms with E-state index in [-0.39, 0.29) is 30.4 Å². The maximum absolute atomic E-state index is 13.1. The molecule has 3 saturated heterocycles. The molecule has 0 unspecified atom stereocenters. The monoisotopic (exact) mass is 407 g/mol. The lowest BCUT2D eigenvalue weighted by Gasteiger charge is -2.44. The Morgan fingerprint density at radius 2 is 1.54 bits per heavy atom. The lowest BCUT2D eigenvalue weighted by atomic mass is 9.89. The summed E-state index contributed by atoms with van der Waals surface area (Å²) in [6.07, 6.45) is 8.06. The molecular weight excluding hydrogens is 373 g/mol. The van der Waals surface area contributed by atoms with Crippen molar-refractivity contribution in [2.45, 2.75) is 50.5 Å². The zero-order valence-electron chi connectivity index (χ0n) is 15.8. The van der Waals surface area contributed by atoms with Crippen LogP contribution >= 0.6 is 24.8 Å². The summed E-state index contributed by atoms with van der Waals surface area (Å²) >= 11 is 0. The molecule has 0 spiro atoms. The second-order valence-electron chi connectivity index (χ2n) is 8.34. The van der Waals surface area contributed by atoms with Gasteiger partial charge in [0.05, 0.1) is 13.2 Å². The van der Waals surface area contributed by atoms with Gasteiger partial charge in [-0.05, 0) is 50.6 Å². The van der Waals surface area contributed by atoms with E-state index in [0.717, 1.165) is 70.7 Å². The number of morpholine rings is 1. The third-order valence-corrected chi connectivity index (χ3v) is 7.07. The van der Waals surface area contributed by atoms with Crippen LogP contribution in [0.15, 0.2) is 0 Å². The molecular formula is C19H35Cl2N3O2. The van der Waals surface area contributed by atoms with E-state index in [9.17, 15) is 4.79 Å². The van der Waals surface area contributed by atoms with Crippen LogP contribution in [0.4, 0.5) is 0 Å². The number of ether oxygens (including phenoxy) is 1. The summed E-state index contributed by atoms with van der Waals surface area (Å²) in [5, 5.41) is 3.52. The smallest absolute Gasteiger partial charge is 0.224 e. The number of carbonyl (C=O) groups is 1. The molecule has 0 aromatic heterocycles. The molecule has 0 radical (unpaired) electrons. The zero-order chi connectivity index (χ0) is 16.4. The van der Waals surface area contributed by atoms with Crippen molar-refractivity contribution in [3.05, 3.63) is 0 Å². The topological polar surface area (TPSA) is 44.8 Å². The van der Waals surface area contributed by atoms with Gasteiger partial charge in [0.2, 0.25) is 5.91 Å². The Hall–Kier alpha value is -0.0700. The van der Waals surface area contributed by atoms with E-state index < -0.39 is 0 Å². The zero-order valence-corrected chi connectivity index (χ0v) is 17.4. The average molecular weight is 408 g/mol. The molecule has 1 amide bonds. The van der Waals surface area contributed by atoms with Gasteiger partial charge < -0.3 is 15.0 Å². The predicted octanol–water partition coefficient (Wildman–Crippen LogP) is 2.32. The van der Waals surface area contributed by atoms with E-state index in [4.69, 9.17) is 4.74 Å². The Balaban J connectivity index is 0.00000121. The molecule has 26 heavy (non-hydrogen) atoms. The highest BCUT2D eigenvalue weighted by Gasteiger charge is 2.43. The highest BCUT2D eigenvalue weighted by Crippen LogP contribution is 2.39. The van der Waals surface area contributed by atoms with Gasteiger partial charge >= 0.3 is 0 Å². The highest BCUT2D eigenvalue weighted by molar-refractivity contribution is 5.85. The minimum Gasteiger partial charge on any atom is -0.379 e. The second kappa shape index (κ2) is 9.92. The van der Waals surface area contributed by atoms with Crippen molar-refractivity contribution < 1.29 is 9.53 Å². The largest absolute Gasteiger partial charge is 0.379 e. The number of fused-ring (bicyclic) bond motifs is 1. The van der Waals surface area contributed by atoms with Crippen LogP contribution in [0, 0.1) is 11.8 Å². The van der Waals surface area contributed by atoms with Crippen LogP contribution < -0.4 is 5.32 Å². The maximum Gasteiger partial charge on any atom is 0.224 e. The van der Waals surface area contributed by atoms with E-state index in [1.807, 2.05) is 0 Å². The molecule has 4 aliphatic rings. The number of halogens is 2. The first-order valence-corrected chi connectivity index (χ1v) is 10.1. The summed E-state index contributed by atoms with van der Waals surface area (Å²) in [6.45, 7) is 7.93. The molecule has 1 aliphatic carbocycles. The van der Waals surface area contributed by atoms with E-state index in [2.05, 4.69) is 15.1 Å². The Morgan fingerprint density at radius 1 is 0.962 bits per heavy atom. The molecule has 0 aromatic carbocycles. The predicted molar refractivity (Wildman–Crippen MR) is 108 cm³/mol. The lowest BCUT2D eigenvalue weighted by Crippen LogP contribution is -2.54. The van der Waals surface area contributed by atoms with Gasteiger partial charge in [0.15, 0.2) is 0 Å². The normalized spacial score (nSPS) is 31.5. The number of nitrogens with one attached hydrogen (secondary N) is 1. The number of hydrogen-bond acceptors (Lipinski definition) is 4. The molecule has 7 heteroatoms. The molecule has 1 N–H and O–H groups in total. The van der Waals surface area contributed by atoms with Crippen LogP contribution in [-0.4, -0.2) is 73.7 Å². The number of nitrogens with zero attached hydrogens (tertiary/aromatic N) is 2. The van der Waals surface area contributed by atoms with E-state index >= 15 is 0 Å². The van der Waals surface area contributed by atoms with Crippen LogP contribution in [0.2, 0.25) is 0 Å². The van der Waals surface area contributed by atoms with Crippen LogP contribution in [0.5, 0.6) is 0 Å². The molecule has 3 heterocycles. The Morgan fingerprint density at radius 3 is 2.12 bits per heavy atom. The molecule has 3 aliphatic heterocycles. The number of likely N-dealkylation sites (tertiary alicyclic amines) is 1. The van der Waals surface area contributed by atoms with Crippen LogP contribution in [0.3, 0.4) is 0 Å². The SMILES string of the molecule is Cl.Cl.O=C(CC1(N2CCOCC2)CCCC1)N1CC[C@@H]2CNC[C@@H]2CC1. The Kier molecular flexibility index (Phi) is 8.48. The van der Waals surface area contributed by atoms with Crippen molar-refractivity contribution >= 4 is 30.7 Å². The minimum absolute atomic E-state index is 0. The maximum atomic E-state index is 13.1. The molecule has 0 bridgehead atoms. The van der Waals surface area contributed by atoms with E-state index in [1.165, 1.54) is 38.5 Å². The molecule has 4 fully saturated rings. The number of carbonyl (C=O) groups excluding carboxylic acids is 1. The average Bonchev–Trinajstić information content (AvgIpc) is 3.22. The Bertz CT molecular complexity index is 440. The van der Waals surface area contributed by atoms with Crippen molar-refractivity contribution in [3.8, 4) is 0 Å². The van der Waals surface area contributed by atoms with Crippen molar-refractivity contribution in [1.29, 1.82) is 0 Å². The van der Waals surface area contributed by atoms with Gasteiger partial charge in [0.25, 0.3) is 0 Å². The van der Waals surface area contributed by atoms with Crippen molar-refractivity contribution in [3.63, 3.8) is 0 Å². The second-order valence-corrected chi connectivity index (χ2v) is 8.34. The first-order valence-electron chi connectivity index (χ1n) is 10.1. The first-order chi connectivity index (χ1) is 11.8. The van der Waals surface area contributed by atoms with Gasteiger partial charge in [-0.1, -0.05) is 12.8 Å². The molecule has 1 saturated carbocycles. The highest BCUT2D eigenvalue weighted by atomic mass is 35.5. The standard InChI is InChI=1S/C19H33N3O2.2ClH/c23-18(21-7-3-16-14-20-15-17(16)4-8-21)13-19(5-1-2-6-19)22-9-11-24-12-10-22;;/h16-17,20H,1-15H2;2*1H/t16-,17+;;. The summed E-state index contributed by atoms with van der Waals surface area (Å²) in [7, 11) is 0. The van der Waals surface area contributed by atoms with Gasteiger partial charge in [-0.3, -0.25) is 9.69 Å². The first kappa shape index (κ1) is 22.2. The van der Waals surface area contributed by atoms with Gasteiger partial charge in [-0.15, -0.1) is 24.8 Å². The Labute approximate surface area is 170 Å². The molecule has 2 atom stereocenters. The number of amides is 1. The van der Waals surface area contributed by atoms with Gasteiger partial charge in [-0.25, -0.2) is 0 Å². The lowest BCUT2D eigenvalue weighted by molar-refractivity contribution is -0.135. The third-order valence-electron chi connectivity index (χ3n) is 7.07. The van der Waals surface area contributed by atoms with Gasteiger partial charge in [0.1, 0.15) is 0 Å². The summed E-state index contributed by atoms with van der Waals surface area (Å²) in [5.74, 6) is 2.00. The summed E-state index contributed by atoms with van der Waals surface area (Å²) in [6, 6.07) is 0.